The Bertz CT molecular complexity index is 581. The zero-order chi connectivity index (χ0) is 16.2. The zero-order valence-corrected chi connectivity index (χ0v) is 13.5. The highest BCUT2D eigenvalue weighted by atomic mass is 19.1. The summed E-state index contributed by atoms with van der Waals surface area (Å²) in [7, 11) is 0. The van der Waals surface area contributed by atoms with Crippen LogP contribution in [0.15, 0.2) is 29.4 Å². The number of carbonyl (C=O) groups is 1. The first-order valence-corrected chi connectivity index (χ1v) is 8.44. The van der Waals surface area contributed by atoms with Gasteiger partial charge in [0, 0.05) is 18.9 Å². The van der Waals surface area contributed by atoms with Gasteiger partial charge in [0.05, 0.1) is 12.3 Å². The summed E-state index contributed by atoms with van der Waals surface area (Å²) in [5.41, 5.74) is 1.70. The average Bonchev–Trinajstić information content (AvgIpc) is 2.94. The van der Waals surface area contributed by atoms with Crippen LogP contribution in [0, 0.1) is 11.7 Å². The molecular weight excluding hydrogens is 295 g/mol. The van der Waals surface area contributed by atoms with Crippen LogP contribution in [-0.2, 0) is 9.63 Å². The van der Waals surface area contributed by atoms with Crippen molar-refractivity contribution in [1.29, 1.82) is 0 Å². The van der Waals surface area contributed by atoms with E-state index in [1.807, 2.05) is 4.90 Å². The molecule has 4 nitrogen and oxygen atoms in total. The summed E-state index contributed by atoms with van der Waals surface area (Å²) in [6.45, 7) is 3.43. The molecule has 1 aromatic rings. The standard InChI is InChI=1S/C18H23FN2O2/c1-2-10-21(18(22)14-4-3-5-14)12-16-11-17(20-23-16)13-6-8-15(19)9-7-13/h6-9,14,16H,2-5,10-12H2,1H3/t16-/m0/s1. The first kappa shape index (κ1) is 16.0. The monoisotopic (exact) mass is 318 g/mol. The topological polar surface area (TPSA) is 41.9 Å². The van der Waals surface area contributed by atoms with Gasteiger partial charge in [-0.2, -0.15) is 0 Å². The maximum atomic E-state index is 13.0. The van der Waals surface area contributed by atoms with E-state index in [2.05, 4.69) is 12.1 Å². The average molecular weight is 318 g/mol. The maximum absolute atomic E-state index is 13.0. The molecule has 0 bridgehead atoms. The molecule has 3 rings (SSSR count). The molecule has 124 valence electrons. The summed E-state index contributed by atoms with van der Waals surface area (Å²) >= 11 is 0. The van der Waals surface area contributed by atoms with E-state index in [1.165, 1.54) is 12.1 Å². The molecule has 0 radical (unpaired) electrons. The van der Waals surface area contributed by atoms with E-state index in [0.717, 1.165) is 43.5 Å². The lowest BCUT2D eigenvalue weighted by Gasteiger charge is -2.32. The van der Waals surface area contributed by atoms with Crippen molar-refractivity contribution in [2.75, 3.05) is 13.1 Å². The third-order valence-corrected chi connectivity index (χ3v) is 4.59. The Balaban J connectivity index is 1.57. The molecule has 1 fully saturated rings. The van der Waals surface area contributed by atoms with Gasteiger partial charge < -0.3 is 9.74 Å². The molecule has 0 saturated heterocycles. The van der Waals surface area contributed by atoms with Crippen LogP contribution in [0.25, 0.3) is 0 Å². The number of hydrogen-bond donors (Lipinski definition) is 0. The predicted molar refractivity (Wildman–Crippen MR) is 86.6 cm³/mol. The fraction of sp³-hybridized carbons (Fsp3) is 0.556. The molecule has 1 heterocycles. The first-order chi connectivity index (χ1) is 11.2. The van der Waals surface area contributed by atoms with Crippen LogP contribution < -0.4 is 0 Å². The number of rotatable bonds is 6. The molecule has 1 aliphatic carbocycles. The van der Waals surface area contributed by atoms with Gasteiger partial charge in [-0.15, -0.1) is 0 Å². The second-order valence-corrected chi connectivity index (χ2v) is 6.39. The number of carbonyl (C=O) groups excluding carboxylic acids is 1. The van der Waals surface area contributed by atoms with Gasteiger partial charge in [0.25, 0.3) is 0 Å². The van der Waals surface area contributed by atoms with Gasteiger partial charge in [-0.25, -0.2) is 4.39 Å². The Morgan fingerprint density at radius 2 is 2.09 bits per heavy atom. The SMILES string of the molecule is CCCN(C[C@@H]1CC(c2ccc(F)cc2)=NO1)C(=O)C1CCC1. The number of benzene rings is 1. The van der Waals surface area contributed by atoms with E-state index in [9.17, 15) is 9.18 Å². The van der Waals surface area contributed by atoms with Crippen LogP contribution in [0.5, 0.6) is 0 Å². The predicted octanol–water partition coefficient (Wildman–Crippen LogP) is 3.36. The molecular formula is C18H23FN2O2. The van der Waals surface area contributed by atoms with E-state index in [0.29, 0.717) is 13.0 Å². The quantitative estimate of drug-likeness (QED) is 0.807. The van der Waals surface area contributed by atoms with Crippen molar-refractivity contribution in [2.24, 2.45) is 11.1 Å². The second-order valence-electron chi connectivity index (χ2n) is 6.39. The summed E-state index contributed by atoms with van der Waals surface area (Å²) in [5.74, 6) is 0.211. The van der Waals surface area contributed by atoms with Gasteiger partial charge in [0.1, 0.15) is 5.82 Å². The van der Waals surface area contributed by atoms with Gasteiger partial charge in [-0.3, -0.25) is 4.79 Å². The molecule has 2 aliphatic rings. The van der Waals surface area contributed by atoms with Gasteiger partial charge in [0.15, 0.2) is 6.10 Å². The van der Waals surface area contributed by atoms with Crippen molar-refractivity contribution in [1.82, 2.24) is 4.90 Å². The molecule has 1 atom stereocenters. The highest BCUT2D eigenvalue weighted by Crippen LogP contribution is 2.29. The van der Waals surface area contributed by atoms with Gasteiger partial charge in [0.2, 0.25) is 5.91 Å². The molecule has 23 heavy (non-hydrogen) atoms. The first-order valence-electron chi connectivity index (χ1n) is 8.44. The van der Waals surface area contributed by atoms with Crippen molar-refractivity contribution < 1.29 is 14.0 Å². The Morgan fingerprint density at radius 1 is 1.35 bits per heavy atom. The lowest BCUT2D eigenvalue weighted by molar-refractivity contribution is -0.140. The van der Waals surface area contributed by atoms with Crippen LogP contribution in [0.1, 0.15) is 44.6 Å². The highest BCUT2D eigenvalue weighted by Gasteiger charge is 2.32. The van der Waals surface area contributed by atoms with Crippen LogP contribution in [-0.4, -0.2) is 35.7 Å². The molecule has 0 unspecified atom stereocenters. The lowest BCUT2D eigenvalue weighted by atomic mass is 9.84. The van der Waals surface area contributed by atoms with Crippen molar-refractivity contribution in [3.8, 4) is 0 Å². The van der Waals surface area contributed by atoms with Crippen molar-refractivity contribution in [2.45, 2.75) is 45.1 Å². The highest BCUT2D eigenvalue weighted by molar-refractivity contribution is 6.01. The van der Waals surface area contributed by atoms with E-state index in [-0.39, 0.29) is 23.7 Å². The van der Waals surface area contributed by atoms with Gasteiger partial charge >= 0.3 is 0 Å². The minimum atomic E-state index is -0.259. The van der Waals surface area contributed by atoms with Crippen molar-refractivity contribution in [3.63, 3.8) is 0 Å². The van der Waals surface area contributed by atoms with Crippen LogP contribution in [0.3, 0.4) is 0 Å². The fourth-order valence-corrected chi connectivity index (χ4v) is 3.06. The van der Waals surface area contributed by atoms with Crippen LogP contribution >= 0.6 is 0 Å². The van der Waals surface area contributed by atoms with E-state index in [4.69, 9.17) is 4.84 Å². The minimum Gasteiger partial charge on any atom is -0.390 e. The lowest BCUT2D eigenvalue weighted by Crippen LogP contribution is -2.43. The third-order valence-electron chi connectivity index (χ3n) is 4.59. The molecule has 0 spiro atoms. The summed E-state index contributed by atoms with van der Waals surface area (Å²) in [6.07, 6.45) is 4.68. The van der Waals surface area contributed by atoms with Crippen molar-refractivity contribution >= 4 is 11.6 Å². The number of oxime groups is 1. The van der Waals surface area contributed by atoms with E-state index in [1.54, 1.807) is 12.1 Å². The Kier molecular flexibility index (Phi) is 4.94. The molecule has 1 amide bonds. The Morgan fingerprint density at radius 3 is 2.70 bits per heavy atom. The molecule has 0 aromatic heterocycles. The summed E-state index contributed by atoms with van der Waals surface area (Å²) in [6, 6.07) is 6.27. The number of nitrogens with zero attached hydrogens (tertiary/aromatic N) is 2. The zero-order valence-electron chi connectivity index (χ0n) is 13.5. The molecule has 1 saturated carbocycles. The number of amides is 1. The van der Waals surface area contributed by atoms with E-state index < -0.39 is 0 Å². The molecule has 1 aliphatic heterocycles. The van der Waals surface area contributed by atoms with Crippen LogP contribution in [0.2, 0.25) is 0 Å². The molecule has 1 aromatic carbocycles. The normalized spacial score (nSPS) is 20.6. The molecule has 0 N–H and O–H groups in total. The summed E-state index contributed by atoms with van der Waals surface area (Å²) < 4.78 is 13.0. The Hall–Kier alpha value is -1.91. The second kappa shape index (κ2) is 7.11. The minimum absolute atomic E-state index is 0.106. The fourth-order valence-electron chi connectivity index (χ4n) is 3.06. The molecule has 5 heteroatoms. The number of hydrogen-bond acceptors (Lipinski definition) is 3. The maximum Gasteiger partial charge on any atom is 0.225 e. The number of halogens is 1. The third kappa shape index (κ3) is 3.71. The Labute approximate surface area is 136 Å². The summed E-state index contributed by atoms with van der Waals surface area (Å²) in [5, 5.41) is 4.12. The van der Waals surface area contributed by atoms with Gasteiger partial charge in [-0.1, -0.05) is 30.6 Å². The smallest absolute Gasteiger partial charge is 0.225 e. The van der Waals surface area contributed by atoms with Crippen molar-refractivity contribution in [3.05, 3.63) is 35.6 Å². The van der Waals surface area contributed by atoms with Gasteiger partial charge in [-0.05, 0) is 37.0 Å². The van der Waals surface area contributed by atoms with E-state index >= 15 is 0 Å². The summed E-state index contributed by atoms with van der Waals surface area (Å²) in [4.78, 5) is 19.9. The largest absolute Gasteiger partial charge is 0.390 e. The van der Waals surface area contributed by atoms with Crippen LogP contribution in [0.4, 0.5) is 4.39 Å².